The second kappa shape index (κ2) is 6.04. The highest BCUT2D eigenvalue weighted by Gasteiger charge is 2.42. The van der Waals surface area contributed by atoms with Crippen LogP contribution in [0.1, 0.15) is 38.6 Å². The Bertz CT molecular complexity index is 395. The Morgan fingerprint density at radius 3 is 2.56 bits per heavy atom. The molecule has 2 rings (SSSR count). The Balaban J connectivity index is 2.28. The summed E-state index contributed by atoms with van der Waals surface area (Å²) in [5.74, 6) is 1.12. The van der Waals surface area contributed by atoms with Crippen LogP contribution in [-0.2, 0) is 4.74 Å². The van der Waals surface area contributed by atoms with Gasteiger partial charge in [0.1, 0.15) is 0 Å². The van der Waals surface area contributed by atoms with Gasteiger partial charge in [-0.25, -0.2) is 0 Å². The van der Waals surface area contributed by atoms with Crippen molar-refractivity contribution in [2.24, 2.45) is 11.8 Å². The third-order valence-corrected chi connectivity index (χ3v) is 6.01. The summed E-state index contributed by atoms with van der Waals surface area (Å²) in [6.45, 7) is 9.86. The lowest BCUT2D eigenvalue weighted by molar-refractivity contribution is 0.0477. The molecule has 1 N–H and O–H groups in total. The lowest BCUT2D eigenvalue weighted by Gasteiger charge is -2.29. The minimum Gasteiger partial charge on any atom is -0.375 e. The predicted molar refractivity (Wildman–Crippen MR) is 81.1 cm³/mol. The van der Waals surface area contributed by atoms with Gasteiger partial charge >= 0.3 is 0 Å². The Morgan fingerprint density at radius 1 is 1.39 bits per heavy atom. The van der Waals surface area contributed by atoms with E-state index in [1.165, 1.54) is 9.35 Å². The number of rotatable bonds is 4. The summed E-state index contributed by atoms with van der Waals surface area (Å²) in [5, 5.41) is 5.80. The van der Waals surface area contributed by atoms with Gasteiger partial charge in [0.25, 0.3) is 0 Å². The van der Waals surface area contributed by atoms with Gasteiger partial charge in [0, 0.05) is 21.3 Å². The third-order valence-electron chi connectivity index (χ3n) is 4.06. The molecule has 0 aromatic carbocycles. The van der Waals surface area contributed by atoms with Crippen LogP contribution in [0, 0.1) is 11.8 Å². The highest BCUT2D eigenvalue weighted by molar-refractivity contribution is 9.10. The number of hydrogen-bond donors (Lipinski definition) is 1. The van der Waals surface area contributed by atoms with E-state index in [1.807, 2.05) is 11.3 Å². The highest BCUT2D eigenvalue weighted by atomic mass is 79.9. The van der Waals surface area contributed by atoms with Crippen molar-refractivity contribution in [3.63, 3.8) is 0 Å². The summed E-state index contributed by atoms with van der Waals surface area (Å²) in [6, 6.07) is 2.53. The Hall–Kier alpha value is 0.1000. The molecular weight excluding hydrogens is 310 g/mol. The van der Waals surface area contributed by atoms with E-state index in [9.17, 15) is 0 Å². The molecule has 2 heterocycles. The minimum absolute atomic E-state index is 0.313. The van der Waals surface area contributed by atoms with Gasteiger partial charge in [0.2, 0.25) is 0 Å². The maximum absolute atomic E-state index is 6.00. The van der Waals surface area contributed by atoms with Crippen LogP contribution in [0.2, 0.25) is 0 Å². The van der Waals surface area contributed by atoms with Crippen molar-refractivity contribution >= 4 is 27.3 Å². The van der Waals surface area contributed by atoms with Crippen LogP contribution in [-0.4, -0.2) is 18.8 Å². The monoisotopic (exact) mass is 331 g/mol. The zero-order valence-corrected chi connectivity index (χ0v) is 13.8. The van der Waals surface area contributed by atoms with E-state index in [2.05, 4.69) is 60.4 Å². The van der Waals surface area contributed by atoms with E-state index >= 15 is 0 Å². The first-order valence-corrected chi connectivity index (χ1v) is 8.35. The zero-order valence-electron chi connectivity index (χ0n) is 11.4. The van der Waals surface area contributed by atoms with Crippen LogP contribution in [0.25, 0.3) is 0 Å². The standard InChI is InChI=1S/C14H22BrNOS/c1-5-16-13(14-11(15)6-7-18-14)12-8(2)9(3)17-10(12)4/h6-10,12-13,16H,5H2,1-4H3. The molecule has 0 amide bonds. The SMILES string of the molecule is CCNC(c1sccc1Br)C1C(C)OC(C)C1C. The van der Waals surface area contributed by atoms with Crippen LogP contribution in [0.15, 0.2) is 15.9 Å². The van der Waals surface area contributed by atoms with Crippen molar-refractivity contribution in [1.82, 2.24) is 5.32 Å². The summed E-state index contributed by atoms with van der Waals surface area (Å²) >= 11 is 5.49. The average Bonchev–Trinajstić information content (AvgIpc) is 2.83. The van der Waals surface area contributed by atoms with Gasteiger partial charge in [0.05, 0.1) is 12.2 Å². The lowest BCUT2D eigenvalue weighted by atomic mass is 9.83. The number of ether oxygens (including phenoxy) is 1. The molecule has 0 radical (unpaired) electrons. The maximum atomic E-state index is 6.00. The first-order valence-electron chi connectivity index (χ1n) is 6.68. The molecule has 5 atom stereocenters. The molecule has 18 heavy (non-hydrogen) atoms. The van der Waals surface area contributed by atoms with Crippen LogP contribution in [0.3, 0.4) is 0 Å². The Kier molecular flexibility index (Phi) is 4.86. The van der Waals surface area contributed by atoms with Crippen molar-refractivity contribution in [1.29, 1.82) is 0 Å². The van der Waals surface area contributed by atoms with Crippen LogP contribution in [0.4, 0.5) is 0 Å². The number of thiophene rings is 1. The van der Waals surface area contributed by atoms with Crippen molar-refractivity contribution in [3.05, 3.63) is 20.8 Å². The molecule has 1 aromatic heterocycles. The summed E-state index contributed by atoms with van der Waals surface area (Å²) in [4.78, 5) is 1.40. The summed E-state index contributed by atoms with van der Waals surface area (Å²) in [7, 11) is 0. The largest absolute Gasteiger partial charge is 0.375 e. The molecule has 102 valence electrons. The van der Waals surface area contributed by atoms with Gasteiger partial charge in [-0.1, -0.05) is 13.8 Å². The van der Waals surface area contributed by atoms with Crippen LogP contribution < -0.4 is 5.32 Å². The van der Waals surface area contributed by atoms with Gasteiger partial charge in [-0.05, 0) is 53.7 Å². The van der Waals surface area contributed by atoms with Crippen molar-refractivity contribution < 1.29 is 4.74 Å². The second-order valence-corrected chi connectivity index (χ2v) is 6.95. The van der Waals surface area contributed by atoms with E-state index in [1.54, 1.807) is 0 Å². The van der Waals surface area contributed by atoms with Gasteiger partial charge in [0.15, 0.2) is 0 Å². The smallest absolute Gasteiger partial charge is 0.0600 e. The molecule has 5 unspecified atom stereocenters. The summed E-state index contributed by atoms with van der Waals surface area (Å²) in [5.41, 5.74) is 0. The Morgan fingerprint density at radius 2 is 2.11 bits per heavy atom. The zero-order chi connectivity index (χ0) is 13.3. The number of hydrogen-bond acceptors (Lipinski definition) is 3. The molecule has 0 aliphatic carbocycles. The molecule has 0 bridgehead atoms. The van der Waals surface area contributed by atoms with E-state index in [4.69, 9.17) is 4.74 Å². The first kappa shape index (κ1) is 14.5. The average molecular weight is 332 g/mol. The molecule has 1 aliphatic heterocycles. The molecule has 4 heteroatoms. The van der Waals surface area contributed by atoms with Crippen molar-refractivity contribution in [2.75, 3.05) is 6.54 Å². The molecule has 0 spiro atoms. The normalized spacial score (nSPS) is 33.8. The summed E-state index contributed by atoms with van der Waals surface area (Å²) in [6.07, 6.45) is 0.665. The van der Waals surface area contributed by atoms with E-state index in [0.717, 1.165) is 6.54 Å². The van der Waals surface area contributed by atoms with Crippen molar-refractivity contribution in [2.45, 2.75) is 45.9 Å². The fourth-order valence-corrected chi connectivity index (χ4v) is 4.77. The molecular formula is C14H22BrNOS. The molecule has 1 saturated heterocycles. The van der Waals surface area contributed by atoms with Gasteiger partial charge in [-0.15, -0.1) is 11.3 Å². The highest BCUT2D eigenvalue weighted by Crippen LogP contribution is 2.43. The predicted octanol–water partition coefficient (Wildman–Crippen LogP) is 4.22. The lowest BCUT2D eigenvalue weighted by Crippen LogP contribution is -2.34. The molecule has 1 aliphatic rings. The minimum atomic E-state index is 0.313. The fourth-order valence-electron chi connectivity index (χ4n) is 3.02. The van der Waals surface area contributed by atoms with Gasteiger partial charge < -0.3 is 10.1 Å². The molecule has 2 nitrogen and oxygen atoms in total. The van der Waals surface area contributed by atoms with E-state index in [0.29, 0.717) is 30.1 Å². The fraction of sp³-hybridized carbons (Fsp3) is 0.714. The van der Waals surface area contributed by atoms with E-state index < -0.39 is 0 Å². The van der Waals surface area contributed by atoms with Crippen LogP contribution in [0.5, 0.6) is 0 Å². The Labute approximate surface area is 122 Å². The maximum Gasteiger partial charge on any atom is 0.0600 e. The quantitative estimate of drug-likeness (QED) is 0.891. The number of nitrogens with one attached hydrogen (secondary N) is 1. The van der Waals surface area contributed by atoms with E-state index in [-0.39, 0.29) is 0 Å². The third kappa shape index (κ3) is 2.67. The molecule has 0 saturated carbocycles. The topological polar surface area (TPSA) is 21.3 Å². The van der Waals surface area contributed by atoms with Crippen LogP contribution >= 0.6 is 27.3 Å². The molecule has 1 fully saturated rings. The molecule has 1 aromatic rings. The first-order chi connectivity index (χ1) is 8.56. The van der Waals surface area contributed by atoms with Gasteiger partial charge in [-0.3, -0.25) is 0 Å². The van der Waals surface area contributed by atoms with Crippen molar-refractivity contribution in [3.8, 4) is 0 Å². The number of halogens is 1. The van der Waals surface area contributed by atoms with Gasteiger partial charge in [-0.2, -0.15) is 0 Å². The second-order valence-electron chi connectivity index (χ2n) is 5.15. The summed E-state index contributed by atoms with van der Waals surface area (Å²) < 4.78 is 7.22.